The normalized spacial score (nSPS) is 18.0. The van der Waals surface area contributed by atoms with Gasteiger partial charge in [0.05, 0.1) is 6.04 Å². The van der Waals surface area contributed by atoms with Crippen LogP contribution in [0, 0.1) is 5.82 Å². The number of carbonyl (C=O) groups excluding carboxylic acids is 1. The molecule has 0 fully saturated rings. The number of rotatable bonds is 4. The molecular weight excluding hydrogens is 325 g/mol. The molecule has 0 unspecified atom stereocenters. The number of carbonyl (C=O) groups is 1. The maximum atomic E-state index is 13.2. The van der Waals surface area contributed by atoms with Gasteiger partial charge in [0.1, 0.15) is 11.2 Å². The largest absolute Gasteiger partial charge is 0.377 e. The number of anilines is 1. The van der Waals surface area contributed by atoms with Crippen molar-refractivity contribution < 1.29 is 9.18 Å². The molecular formula is C23H18FNO. The van der Waals surface area contributed by atoms with Gasteiger partial charge in [0.15, 0.2) is 5.78 Å². The molecule has 0 amide bonds. The molecule has 3 aromatic carbocycles. The second-order valence-electron chi connectivity index (χ2n) is 6.39. The van der Waals surface area contributed by atoms with Gasteiger partial charge in [-0.25, -0.2) is 4.39 Å². The van der Waals surface area contributed by atoms with Crippen molar-refractivity contribution in [3.05, 3.63) is 114 Å². The molecule has 0 aromatic heterocycles. The lowest BCUT2D eigenvalue weighted by Crippen LogP contribution is -2.46. The molecule has 0 saturated heterocycles. The number of hydrogen-bond donors (Lipinski definition) is 1. The lowest BCUT2D eigenvalue weighted by molar-refractivity contribution is -0.117. The maximum absolute atomic E-state index is 13.2. The quantitative estimate of drug-likeness (QED) is 0.742. The summed E-state index contributed by atoms with van der Waals surface area (Å²) in [5, 5.41) is 3.41. The lowest BCUT2D eigenvalue weighted by atomic mass is 9.69. The van der Waals surface area contributed by atoms with Gasteiger partial charge in [-0.15, -0.1) is 0 Å². The van der Waals surface area contributed by atoms with Gasteiger partial charge in [0.25, 0.3) is 0 Å². The minimum absolute atomic E-state index is 0.0366. The standard InChI is InChI=1S/C23H18FNO/c24-19-11-13-20(14-12-19)25-21-15-16-22(26)23(21,17-7-3-1-4-8-17)18-9-5-2-6-10-18/h1-16,21,25H/t21-/m1/s1. The van der Waals surface area contributed by atoms with E-state index < -0.39 is 5.41 Å². The van der Waals surface area contributed by atoms with E-state index in [1.54, 1.807) is 18.2 Å². The molecule has 0 heterocycles. The van der Waals surface area contributed by atoms with Crippen LogP contribution >= 0.6 is 0 Å². The average molecular weight is 343 g/mol. The monoisotopic (exact) mass is 343 g/mol. The summed E-state index contributed by atoms with van der Waals surface area (Å²) in [7, 11) is 0. The van der Waals surface area contributed by atoms with E-state index in [0.29, 0.717) is 0 Å². The van der Waals surface area contributed by atoms with E-state index in [0.717, 1.165) is 16.8 Å². The Hall–Kier alpha value is -3.20. The second-order valence-corrected chi connectivity index (χ2v) is 6.39. The Morgan fingerprint density at radius 2 is 1.31 bits per heavy atom. The molecule has 3 heteroatoms. The topological polar surface area (TPSA) is 29.1 Å². The third-order valence-corrected chi connectivity index (χ3v) is 4.92. The lowest BCUT2D eigenvalue weighted by Gasteiger charge is -2.36. The zero-order valence-electron chi connectivity index (χ0n) is 14.1. The Morgan fingerprint density at radius 3 is 1.85 bits per heavy atom. The fourth-order valence-corrected chi connectivity index (χ4v) is 3.71. The molecule has 128 valence electrons. The van der Waals surface area contributed by atoms with E-state index in [2.05, 4.69) is 5.32 Å². The van der Waals surface area contributed by atoms with Gasteiger partial charge >= 0.3 is 0 Å². The minimum atomic E-state index is -0.850. The number of benzene rings is 3. The van der Waals surface area contributed by atoms with Crippen molar-refractivity contribution in [1.29, 1.82) is 0 Å². The predicted octanol–water partition coefficient (Wildman–Crippen LogP) is 4.73. The zero-order chi connectivity index (χ0) is 18.0. The zero-order valence-corrected chi connectivity index (χ0v) is 14.1. The van der Waals surface area contributed by atoms with Crippen molar-refractivity contribution in [1.82, 2.24) is 0 Å². The predicted molar refractivity (Wildman–Crippen MR) is 102 cm³/mol. The van der Waals surface area contributed by atoms with E-state index in [9.17, 15) is 9.18 Å². The molecule has 0 radical (unpaired) electrons. The Kier molecular flexibility index (Phi) is 4.13. The van der Waals surface area contributed by atoms with Gasteiger partial charge in [0.2, 0.25) is 0 Å². The van der Waals surface area contributed by atoms with Crippen LogP contribution in [0.15, 0.2) is 97.1 Å². The number of nitrogens with one attached hydrogen (secondary N) is 1. The molecule has 0 saturated carbocycles. The van der Waals surface area contributed by atoms with Crippen LogP contribution in [-0.4, -0.2) is 11.8 Å². The van der Waals surface area contributed by atoms with Gasteiger partial charge in [-0.05, 0) is 41.5 Å². The molecule has 1 atom stereocenters. The van der Waals surface area contributed by atoms with E-state index in [-0.39, 0.29) is 17.6 Å². The van der Waals surface area contributed by atoms with Crippen LogP contribution < -0.4 is 5.32 Å². The van der Waals surface area contributed by atoms with Crippen molar-refractivity contribution in [2.45, 2.75) is 11.5 Å². The average Bonchev–Trinajstić information content (AvgIpc) is 3.02. The van der Waals surface area contributed by atoms with Crippen LogP contribution in [0.1, 0.15) is 11.1 Å². The highest BCUT2D eigenvalue weighted by Gasteiger charge is 2.49. The van der Waals surface area contributed by atoms with Crippen LogP contribution in [0.5, 0.6) is 0 Å². The molecule has 26 heavy (non-hydrogen) atoms. The van der Waals surface area contributed by atoms with Crippen molar-refractivity contribution in [2.75, 3.05) is 5.32 Å². The van der Waals surface area contributed by atoms with E-state index in [1.165, 1.54) is 12.1 Å². The van der Waals surface area contributed by atoms with Crippen LogP contribution in [-0.2, 0) is 10.2 Å². The third kappa shape index (κ3) is 2.62. The first-order valence-corrected chi connectivity index (χ1v) is 8.57. The summed E-state index contributed by atoms with van der Waals surface area (Å²) in [6.45, 7) is 0. The van der Waals surface area contributed by atoms with Crippen LogP contribution in [0.3, 0.4) is 0 Å². The van der Waals surface area contributed by atoms with Gasteiger partial charge in [-0.3, -0.25) is 4.79 Å². The first-order chi connectivity index (χ1) is 12.7. The molecule has 2 nitrogen and oxygen atoms in total. The molecule has 1 aliphatic rings. The maximum Gasteiger partial charge on any atom is 0.172 e. The summed E-state index contributed by atoms with van der Waals surface area (Å²) < 4.78 is 13.2. The minimum Gasteiger partial charge on any atom is -0.377 e. The third-order valence-electron chi connectivity index (χ3n) is 4.92. The summed E-state index contributed by atoms with van der Waals surface area (Å²) in [4.78, 5) is 13.2. The van der Waals surface area contributed by atoms with Gasteiger partial charge in [0, 0.05) is 5.69 Å². The van der Waals surface area contributed by atoms with Crippen LogP contribution in [0.25, 0.3) is 0 Å². The first-order valence-electron chi connectivity index (χ1n) is 8.57. The molecule has 3 aromatic rings. The van der Waals surface area contributed by atoms with Crippen LogP contribution in [0.4, 0.5) is 10.1 Å². The molecule has 0 spiro atoms. The Balaban J connectivity index is 1.85. The van der Waals surface area contributed by atoms with Crippen molar-refractivity contribution >= 4 is 11.5 Å². The summed E-state index contributed by atoms with van der Waals surface area (Å²) in [6.07, 6.45) is 3.53. The SMILES string of the molecule is O=C1C=C[C@@H](Nc2ccc(F)cc2)C1(c1ccccc1)c1ccccc1. The van der Waals surface area contributed by atoms with E-state index in [1.807, 2.05) is 66.7 Å². The Morgan fingerprint density at radius 1 is 0.769 bits per heavy atom. The number of allylic oxidation sites excluding steroid dienone is 1. The van der Waals surface area contributed by atoms with Crippen molar-refractivity contribution in [2.24, 2.45) is 0 Å². The Labute approximate surface area is 152 Å². The van der Waals surface area contributed by atoms with Crippen molar-refractivity contribution in [3.63, 3.8) is 0 Å². The molecule has 1 N–H and O–H groups in total. The van der Waals surface area contributed by atoms with Gasteiger partial charge in [-0.2, -0.15) is 0 Å². The second kappa shape index (κ2) is 6.60. The Bertz CT molecular complexity index is 893. The van der Waals surface area contributed by atoms with Crippen LogP contribution in [0.2, 0.25) is 0 Å². The molecule has 0 bridgehead atoms. The molecule has 0 aliphatic heterocycles. The van der Waals surface area contributed by atoms with E-state index >= 15 is 0 Å². The van der Waals surface area contributed by atoms with Gasteiger partial charge in [-0.1, -0.05) is 66.7 Å². The molecule has 1 aliphatic carbocycles. The summed E-state index contributed by atoms with van der Waals surface area (Å²) in [5.74, 6) is -0.250. The fourth-order valence-electron chi connectivity index (χ4n) is 3.71. The summed E-state index contributed by atoms with van der Waals surface area (Å²) >= 11 is 0. The summed E-state index contributed by atoms with van der Waals surface area (Å²) in [5.41, 5.74) is 1.78. The van der Waals surface area contributed by atoms with Crippen molar-refractivity contribution in [3.8, 4) is 0 Å². The van der Waals surface area contributed by atoms with Gasteiger partial charge < -0.3 is 5.32 Å². The highest BCUT2D eigenvalue weighted by molar-refractivity contribution is 6.06. The highest BCUT2D eigenvalue weighted by Crippen LogP contribution is 2.42. The fraction of sp³-hybridized carbons (Fsp3) is 0.0870. The smallest absolute Gasteiger partial charge is 0.172 e. The first kappa shape index (κ1) is 16.3. The highest BCUT2D eigenvalue weighted by atomic mass is 19.1. The number of hydrogen-bond acceptors (Lipinski definition) is 2. The van der Waals surface area contributed by atoms with E-state index in [4.69, 9.17) is 0 Å². The summed E-state index contributed by atoms with van der Waals surface area (Å²) in [6, 6.07) is 25.5. The number of ketones is 1. The molecule has 4 rings (SSSR count). The number of halogens is 1.